The molecular weight excluding hydrogens is 362 g/mol. The molecular formula is C13H12BrNO5S. The molecule has 0 spiro atoms. The summed E-state index contributed by atoms with van der Waals surface area (Å²) in [4.78, 5) is 10.5. The van der Waals surface area contributed by atoms with E-state index in [0.29, 0.717) is 0 Å². The summed E-state index contributed by atoms with van der Waals surface area (Å²) in [6.07, 6.45) is 0. The first-order valence-corrected chi connectivity index (χ1v) is 8.15. The molecule has 0 aliphatic rings. The number of halogens is 1. The molecule has 0 aliphatic carbocycles. The zero-order valence-electron chi connectivity index (χ0n) is 11.0. The van der Waals surface area contributed by atoms with Crippen molar-refractivity contribution in [2.24, 2.45) is 0 Å². The Morgan fingerprint density at radius 3 is 2.67 bits per heavy atom. The minimum absolute atomic E-state index is 0.101. The molecule has 0 aliphatic heterocycles. The van der Waals surface area contributed by atoms with Crippen LogP contribution in [0.5, 0.6) is 0 Å². The molecule has 2 rings (SSSR count). The molecule has 112 valence electrons. The van der Waals surface area contributed by atoms with E-state index < -0.39 is 21.8 Å². The highest BCUT2D eigenvalue weighted by Gasteiger charge is 2.24. The third kappa shape index (κ3) is 3.72. The first-order valence-electron chi connectivity index (χ1n) is 5.87. The number of carbonyl (C=O) groups is 1. The summed E-state index contributed by atoms with van der Waals surface area (Å²) in [7, 11) is -3.87. The summed E-state index contributed by atoms with van der Waals surface area (Å²) in [5.74, 6) is -1.78. The summed E-state index contributed by atoms with van der Waals surface area (Å²) in [6, 6.07) is 8.35. The van der Waals surface area contributed by atoms with Crippen molar-refractivity contribution in [3.8, 4) is 0 Å². The van der Waals surface area contributed by atoms with Crippen molar-refractivity contribution in [3.05, 3.63) is 51.9 Å². The largest absolute Gasteiger partial charge is 0.475 e. The van der Waals surface area contributed by atoms with Crippen molar-refractivity contribution >= 4 is 31.9 Å². The van der Waals surface area contributed by atoms with Crippen LogP contribution in [-0.4, -0.2) is 19.5 Å². The summed E-state index contributed by atoms with van der Waals surface area (Å²) >= 11 is 2.91. The Balaban J connectivity index is 2.21. The highest BCUT2D eigenvalue weighted by Crippen LogP contribution is 2.26. The average molecular weight is 374 g/mol. The van der Waals surface area contributed by atoms with Gasteiger partial charge in [0.05, 0.1) is 0 Å². The van der Waals surface area contributed by atoms with Crippen LogP contribution in [0.25, 0.3) is 0 Å². The van der Waals surface area contributed by atoms with Gasteiger partial charge in [0.2, 0.25) is 15.8 Å². The molecule has 2 N–H and O–H groups in total. The van der Waals surface area contributed by atoms with Gasteiger partial charge in [0.1, 0.15) is 4.90 Å². The number of hydrogen-bond acceptors (Lipinski definition) is 4. The zero-order chi connectivity index (χ0) is 15.6. The van der Waals surface area contributed by atoms with E-state index in [2.05, 4.69) is 20.7 Å². The molecule has 0 fully saturated rings. The number of carboxylic acids is 1. The fraction of sp³-hybridized carbons (Fsp3) is 0.154. The smallest absolute Gasteiger partial charge is 0.371 e. The molecule has 0 saturated heterocycles. The van der Waals surface area contributed by atoms with Gasteiger partial charge in [0, 0.05) is 12.6 Å². The minimum Gasteiger partial charge on any atom is -0.475 e. The fourth-order valence-electron chi connectivity index (χ4n) is 1.72. The molecule has 6 nitrogen and oxygen atoms in total. The lowest BCUT2D eigenvalue weighted by Crippen LogP contribution is -2.23. The van der Waals surface area contributed by atoms with Gasteiger partial charge in [-0.15, -0.1) is 0 Å². The standard InChI is InChI=1S/C13H12BrNO5S/c1-8-3-2-4-9(5-8)7-15-21(18,19)11-6-10(13(16)17)20-12(11)14/h2-6,15H,7H2,1H3,(H,16,17). The van der Waals surface area contributed by atoms with E-state index in [1.54, 1.807) is 6.07 Å². The summed E-state index contributed by atoms with van der Waals surface area (Å²) in [5.41, 5.74) is 1.82. The summed E-state index contributed by atoms with van der Waals surface area (Å²) in [5, 5.41) is 8.80. The van der Waals surface area contributed by atoms with Crippen LogP contribution in [0.3, 0.4) is 0 Å². The lowest BCUT2D eigenvalue weighted by Gasteiger charge is -2.06. The lowest BCUT2D eigenvalue weighted by molar-refractivity contribution is 0.0661. The Labute approximate surface area is 130 Å². The number of furan rings is 1. The molecule has 1 aromatic carbocycles. The monoisotopic (exact) mass is 373 g/mol. The van der Waals surface area contributed by atoms with Gasteiger partial charge >= 0.3 is 5.97 Å². The van der Waals surface area contributed by atoms with Crippen molar-refractivity contribution in [1.82, 2.24) is 4.72 Å². The molecule has 1 aromatic heterocycles. The molecule has 2 aromatic rings. The van der Waals surface area contributed by atoms with Crippen LogP contribution in [0, 0.1) is 6.92 Å². The molecule has 0 unspecified atom stereocenters. The average Bonchev–Trinajstić information content (AvgIpc) is 2.80. The Hall–Kier alpha value is -1.64. The number of carboxylic acid groups (broad SMARTS) is 1. The van der Waals surface area contributed by atoms with Gasteiger partial charge in [0.15, 0.2) is 4.67 Å². The van der Waals surface area contributed by atoms with E-state index in [-0.39, 0.29) is 16.1 Å². The van der Waals surface area contributed by atoms with Gasteiger partial charge in [-0.25, -0.2) is 17.9 Å². The van der Waals surface area contributed by atoms with Gasteiger partial charge in [-0.1, -0.05) is 29.8 Å². The van der Waals surface area contributed by atoms with Crippen LogP contribution in [0.15, 0.2) is 44.3 Å². The van der Waals surface area contributed by atoms with E-state index in [0.717, 1.165) is 17.2 Å². The first kappa shape index (κ1) is 15.7. The van der Waals surface area contributed by atoms with Crippen molar-refractivity contribution in [3.63, 3.8) is 0 Å². The van der Waals surface area contributed by atoms with Gasteiger partial charge < -0.3 is 9.52 Å². The number of aromatic carboxylic acids is 1. The van der Waals surface area contributed by atoms with Gasteiger partial charge in [-0.2, -0.15) is 0 Å². The van der Waals surface area contributed by atoms with Crippen LogP contribution in [0.2, 0.25) is 0 Å². The maximum Gasteiger partial charge on any atom is 0.371 e. The second-order valence-corrected chi connectivity index (χ2v) is 6.82. The number of nitrogens with one attached hydrogen (secondary N) is 1. The van der Waals surface area contributed by atoms with Gasteiger partial charge in [-0.3, -0.25) is 0 Å². The molecule has 21 heavy (non-hydrogen) atoms. The molecule has 0 radical (unpaired) electrons. The summed E-state index contributed by atoms with van der Waals surface area (Å²) in [6.45, 7) is 2.01. The Kier molecular flexibility index (Phi) is 4.50. The molecule has 8 heteroatoms. The van der Waals surface area contributed by atoms with Crippen LogP contribution >= 0.6 is 15.9 Å². The second-order valence-electron chi connectivity index (χ2n) is 4.37. The van der Waals surface area contributed by atoms with Crippen LogP contribution < -0.4 is 4.72 Å². The number of benzene rings is 1. The van der Waals surface area contributed by atoms with E-state index in [4.69, 9.17) is 9.52 Å². The van der Waals surface area contributed by atoms with Crippen molar-refractivity contribution in [2.75, 3.05) is 0 Å². The third-order valence-corrected chi connectivity index (χ3v) is 4.96. The minimum atomic E-state index is -3.87. The molecule has 0 atom stereocenters. The van der Waals surface area contributed by atoms with Crippen LogP contribution in [-0.2, 0) is 16.6 Å². The van der Waals surface area contributed by atoms with Crippen molar-refractivity contribution < 1.29 is 22.7 Å². The maximum atomic E-state index is 12.2. The quantitative estimate of drug-likeness (QED) is 0.839. The number of hydrogen-bond donors (Lipinski definition) is 2. The van der Waals surface area contributed by atoms with Gasteiger partial charge in [-0.05, 0) is 28.4 Å². The van der Waals surface area contributed by atoms with Gasteiger partial charge in [0.25, 0.3) is 0 Å². The Morgan fingerprint density at radius 2 is 2.10 bits per heavy atom. The van der Waals surface area contributed by atoms with E-state index in [9.17, 15) is 13.2 Å². The highest BCUT2D eigenvalue weighted by molar-refractivity contribution is 9.10. The first-order chi connectivity index (χ1) is 9.79. The predicted molar refractivity (Wildman–Crippen MR) is 78.6 cm³/mol. The topological polar surface area (TPSA) is 96.6 Å². The number of aryl methyl sites for hydroxylation is 1. The van der Waals surface area contributed by atoms with Crippen molar-refractivity contribution in [2.45, 2.75) is 18.4 Å². The molecule has 0 saturated carbocycles. The number of sulfonamides is 1. The van der Waals surface area contributed by atoms with E-state index in [1.807, 2.05) is 25.1 Å². The normalized spacial score (nSPS) is 11.5. The Morgan fingerprint density at radius 1 is 1.38 bits per heavy atom. The molecule has 0 amide bonds. The fourth-order valence-corrected chi connectivity index (χ4v) is 3.67. The third-order valence-electron chi connectivity index (χ3n) is 2.70. The van der Waals surface area contributed by atoms with E-state index >= 15 is 0 Å². The Bertz CT molecular complexity index is 782. The summed E-state index contributed by atoms with van der Waals surface area (Å²) < 4.78 is 31.4. The highest BCUT2D eigenvalue weighted by atomic mass is 79.9. The second kappa shape index (κ2) is 6.00. The lowest BCUT2D eigenvalue weighted by atomic mass is 10.1. The van der Waals surface area contributed by atoms with Crippen LogP contribution in [0.1, 0.15) is 21.7 Å². The number of rotatable bonds is 5. The predicted octanol–water partition coefficient (Wildman–Crippen LogP) is 2.53. The SMILES string of the molecule is Cc1cccc(CNS(=O)(=O)c2cc(C(=O)O)oc2Br)c1. The molecule has 1 heterocycles. The zero-order valence-corrected chi connectivity index (χ0v) is 13.4. The van der Waals surface area contributed by atoms with E-state index in [1.165, 1.54) is 0 Å². The molecule has 0 bridgehead atoms. The maximum absolute atomic E-state index is 12.2. The van der Waals surface area contributed by atoms with Crippen LogP contribution in [0.4, 0.5) is 0 Å². The van der Waals surface area contributed by atoms with Crippen molar-refractivity contribution in [1.29, 1.82) is 0 Å².